The van der Waals surface area contributed by atoms with E-state index in [1.54, 1.807) is 33.8 Å². The predicted octanol–water partition coefficient (Wildman–Crippen LogP) is 2.86. The van der Waals surface area contributed by atoms with Gasteiger partial charge in [0, 0.05) is 13.1 Å². The van der Waals surface area contributed by atoms with Gasteiger partial charge in [0.2, 0.25) is 0 Å². The van der Waals surface area contributed by atoms with E-state index >= 15 is 0 Å². The van der Waals surface area contributed by atoms with Crippen molar-refractivity contribution < 1.29 is 19.4 Å². The molecule has 2 N–H and O–H groups in total. The van der Waals surface area contributed by atoms with Crippen LogP contribution in [0.15, 0.2) is 12.1 Å². The number of benzene rings is 1. The zero-order valence-corrected chi connectivity index (χ0v) is 12.7. The summed E-state index contributed by atoms with van der Waals surface area (Å²) in [6, 6.07) is 3.26. The van der Waals surface area contributed by atoms with Gasteiger partial charge in [-0.05, 0) is 45.4 Å². The molecule has 0 bridgehead atoms. The highest BCUT2D eigenvalue weighted by Crippen LogP contribution is 2.33. The van der Waals surface area contributed by atoms with Crippen LogP contribution in [0.3, 0.4) is 0 Å². The summed E-state index contributed by atoms with van der Waals surface area (Å²) in [5.41, 5.74) is 1.53. The van der Waals surface area contributed by atoms with Crippen molar-refractivity contribution in [3.8, 4) is 0 Å². The number of rotatable bonds is 1. The third-order valence-electron chi connectivity index (χ3n) is 3.13. The quantitative estimate of drug-likeness (QED) is 0.832. The first-order chi connectivity index (χ1) is 9.69. The smallest absolute Gasteiger partial charge is 0.414 e. The van der Waals surface area contributed by atoms with E-state index in [1.165, 1.54) is 11.0 Å². The predicted molar refractivity (Wildman–Crippen MR) is 80.2 cm³/mol. The summed E-state index contributed by atoms with van der Waals surface area (Å²) in [6.45, 7) is 8.16. The first-order valence-corrected chi connectivity index (χ1v) is 6.81. The second-order valence-electron chi connectivity index (χ2n) is 6.05. The molecule has 0 saturated heterocycles. The van der Waals surface area contributed by atoms with Crippen molar-refractivity contribution in [2.45, 2.75) is 33.3 Å². The first-order valence-electron chi connectivity index (χ1n) is 6.81. The molecule has 1 aliphatic rings. The lowest BCUT2D eigenvalue weighted by Gasteiger charge is -2.32. The minimum atomic E-state index is -1.01. The van der Waals surface area contributed by atoms with Crippen molar-refractivity contribution in [1.29, 1.82) is 0 Å². The fraction of sp³-hybridized carbons (Fsp3) is 0.467. The summed E-state index contributed by atoms with van der Waals surface area (Å²) in [7, 11) is 0. The summed E-state index contributed by atoms with van der Waals surface area (Å²) >= 11 is 0. The Morgan fingerprint density at radius 2 is 2.00 bits per heavy atom. The molecule has 6 nitrogen and oxygen atoms in total. The second-order valence-corrected chi connectivity index (χ2v) is 6.05. The lowest BCUT2D eigenvalue weighted by Crippen LogP contribution is -2.42. The van der Waals surface area contributed by atoms with Gasteiger partial charge in [0.25, 0.3) is 0 Å². The van der Waals surface area contributed by atoms with E-state index in [2.05, 4.69) is 5.32 Å². The van der Waals surface area contributed by atoms with Gasteiger partial charge in [0.05, 0.1) is 16.9 Å². The Morgan fingerprint density at radius 1 is 1.33 bits per heavy atom. The van der Waals surface area contributed by atoms with E-state index in [0.717, 1.165) is 5.69 Å². The maximum atomic E-state index is 12.3. The van der Waals surface area contributed by atoms with Gasteiger partial charge < -0.3 is 15.2 Å². The van der Waals surface area contributed by atoms with Crippen LogP contribution in [0.2, 0.25) is 0 Å². The summed E-state index contributed by atoms with van der Waals surface area (Å²) in [6.07, 6.45) is -0.467. The van der Waals surface area contributed by atoms with Gasteiger partial charge in [-0.25, -0.2) is 9.59 Å². The summed E-state index contributed by atoms with van der Waals surface area (Å²) in [5.74, 6) is -1.01. The van der Waals surface area contributed by atoms with Crippen LogP contribution < -0.4 is 10.2 Å². The largest absolute Gasteiger partial charge is 0.478 e. The third kappa shape index (κ3) is 3.26. The third-order valence-corrected chi connectivity index (χ3v) is 3.13. The van der Waals surface area contributed by atoms with E-state index in [1.807, 2.05) is 0 Å². The van der Waals surface area contributed by atoms with Crippen LogP contribution in [0.5, 0.6) is 0 Å². The lowest BCUT2D eigenvalue weighted by atomic mass is 10.0. The summed E-state index contributed by atoms with van der Waals surface area (Å²) < 4.78 is 5.38. The van der Waals surface area contributed by atoms with Gasteiger partial charge in [-0.1, -0.05) is 0 Å². The Hall–Kier alpha value is -2.24. The molecule has 0 atom stereocenters. The van der Waals surface area contributed by atoms with Crippen LogP contribution in [0.25, 0.3) is 0 Å². The number of ether oxygens (including phenoxy) is 1. The van der Waals surface area contributed by atoms with Crippen LogP contribution in [-0.2, 0) is 4.74 Å². The van der Waals surface area contributed by atoms with Gasteiger partial charge in [-0.15, -0.1) is 0 Å². The number of aryl methyl sites for hydroxylation is 1. The standard InChI is InChI=1S/C15H20N2O4/c1-9-7-11-12(8-10(9)13(18)19)17(6-5-16-11)14(20)21-15(2,3)4/h7-8,16H,5-6H2,1-4H3,(H,18,19). The fourth-order valence-electron chi connectivity index (χ4n) is 2.22. The molecule has 1 aromatic rings. The molecule has 1 amide bonds. The average Bonchev–Trinajstić information content (AvgIpc) is 2.34. The molecule has 2 rings (SSSR count). The number of fused-ring (bicyclic) bond motifs is 1. The van der Waals surface area contributed by atoms with E-state index in [4.69, 9.17) is 4.74 Å². The number of carboxylic acids is 1. The van der Waals surface area contributed by atoms with Crippen molar-refractivity contribution in [2.75, 3.05) is 23.3 Å². The maximum absolute atomic E-state index is 12.3. The molecular formula is C15H20N2O4. The van der Waals surface area contributed by atoms with E-state index in [-0.39, 0.29) is 5.56 Å². The molecule has 1 aromatic carbocycles. The molecular weight excluding hydrogens is 272 g/mol. The Labute approximate surface area is 123 Å². The highest BCUT2D eigenvalue weighted by Gasteiger charge is 2.28. The molecule has 0 spiro atoms. The van der Waals surface area contributed by atoms with E-state index in [0.29, 0.717) is 24.3 Å². The number of anilines is 2. The van der Waals surface area contributed by atoms with Crippen molar-refractivity contribution in [2.24, 2.45) is 0 Å². The SMILES string of the molecule is Cc1cc2c(cc1C(=O)O)N(C(=O)OC(C)(C)C)CCN2. The van der Waals surface area contributed by atoms with Gasteiger partial charge in [-0.3, -0.25) is 4.90 Å². The average molecular weight is 292 g/mol. The zero-order valence-electron chi connectivity index (χ0n) is 12.7. The van der Waals surface area contributed by atoms with Crippen LogP contribution in [0, 0.1) is 6.92 Å². The molecule has 1 aliphatic heterocycles. The Balaban J connectivity index is 2.40. The maximum Gasteiger partial charge on any atom is 0.414 e. The molecule has 21 heavy (non-hydrogen) atoms. The second kappa shape index (κ2) is 5.27. The number of nitrogens with zero attached hydrogens (tertiary/aromatic N) is 1. The molecule has 0 unspecified atom stereocenters. The normalized spacial score (nSPS) is 14.2. The highest BCUT2D eigenvalue weighted by molar-refractivity contribution is 5.98. The minimum absolute atomic E-state index is 0.186. The number of aromatic carboxylic acids is 1. The molecule has 0 saturated carbocycles. The van der Waals surface area contributed by atoms with E-state index < -0.39 is 17.7 Å². The van der Waals surface area contributed by atoms with Crippen LogP contribution >= 0.6 is 0 Å². The van der Waals surface area contributed by atoms with Crippen LogP contribution in [0.4, 0.5) is 16.2 Å². The van der Waals surface area contributed by atoms with Crippen LogP contribution in [0.1, 0.15) is 36.7 Å². The van der Waals surface area contributed by atoms with Crippen molar-refractivity contribution in [3.05, 3.63) is 23.3 Å². The molecule has 0 aliphatic carbocycles. The number of carbonyl (C=O) groups excluding carboxylic acids is 1. The van der Waals surface area contributed by atoms with Crippen molar-refractivity contribution in [3.63, 3.8) is 0 Å². The molecule has 0 fully saturated rings. The monoisotopic (exact) mass is 292 g/mol. The number of hydrogen-bond donors (Lipinski definition) is 2. The number of amides is 1. The van der Waals surface area contributed by atoms with Crippen molar-refractivity contribution in [1.82, 2.24) is 0 Å². The molecule has 114 valence electrons. The van der Waals surface area contributed by atoms with Crippen LogP contribution in [-0.4, -0.2) is 35.9 Å². The van der Waals surface area contributed by atoms with Crippen molar-refractivity contribution >= 4 is 23.4 Å². The molecule has 6 heteroatoms. The minimum Gasteiger partial charge on any atom is -0.478 e. The van der Waals surface area contributed by atoms with Gasteiger partial charge >= 0.3 is 12.1 Å². The first kappa shape index (κ1) is 15.2. The van der Waals surface area contributed by atoms with E-state index in [9.17, 15) is 14.7 Å². The molecule has 1 heterocycles. The molecule has 0 aromatic heterocycles. The van der Waals surface area contributed by atoms with Gasteiger partial charge in [0.15, 0.2) is 0 Å². The Morgan fingerprint density at radius 3 is 2.57 bits per heavy atom. The number of hydrogen-bond acceptors (Lipinski definition) is 4. The zero-order chi connectivity index (χ0) is 15.8. The van der Waals surface area contributed by atoms with Gasteiger partial charge in [-0.2, -0.15) is 0 Å². The molecule has 0 radical (unpaired) electrons. The summed E-state index contributed by atoms with van der Waals surface area (Å²) in [5, 5.41) is 12.4. The van der Waals surface area contributed by atoms with Gasteiger partial charge in [0.1, 0.15) is 5.60 Å². The fourth-order valence-corrected chi connectivity index (χ4v) is 2.22. The number of carboxylic acid groups (broad SMARTS) is 1. The summed E-state index contributed by atoms with van der Waals surface area (Å²) in [4.78, 5) is 25.0. The topological polar surface area (TPSA) is 78.9 Å². The lowest BCUT2D eigenvalue weighted by molar-refractivity contribution is 0.0579. The number of nitrogens with one attached hydrogen (secondary N) is 1. The Bertz CT molecular complexity index is 590. The highest BCUT2D eigenvalue weighted by atomic mass is 16.6. The number of carbonyl (C=O) groups is 2. The Kier molecular flexibility index (Phi) is 3.80.